The van der Waals surface area contributed by atoms with Crippen molar-refractivity contribution in [1.29, 1.82) is 0 Å². The lowest BCUT2D eigenvalue weighted by Gasteiger charge is -2.02. The molecule has 0 unspecified atom stereocenters. The monoisotopic (exact) mass is 310 g/mol. The van der Waals surface area contributed by atoms with E-state index in [1.54, 1.807) is 0 Å². The molecule has 116 valence electrons. The zero-order valence-corrected chi connectivity index (χ0v) is 13.8. The van der Waals surface area contributed by atoms with Crippen LogP contribution in [-0.2, 0) is 0 Å². The standard InChI is InChI=1S/C23H18O/c1-17-6-10-19(11-7-17)12-13-20-4-3-5-22(16-20)23(24)21-14-8-18(2)9-15-21/h3-11,14-16H,1-2H3. The highest BCUT2D eigenvalue weighted by molar-refractivity contribution is 6.09. The minimum absolute atomic E-state index is 0.0222. The molecule has 0 heterocycles. The Labute approximate surface area is 143 Å². The Morgan fingerprint density at radius 3 is 1.92 bits per heavy atom. The molecule has 3 aromatic rings. The fraction of sp³-hybridized carbons (Fsp3) is 0.0870. The van der Waals surface area contributed by atoms with Crippen LogP contribution in [0.5, 0.6) is 0 Å². The first-order chi connectivity index (χ1) is 11.6. The van der Waals surface area contributed by atoms with Crippen molar-refractivity contribution >= 4 is 5.78 Å². The molecular formula is C23H18O. The third-order valence-electron chi connectivity index (χ3n) is 3.84. The molecule has 1 nitrogen and oxygen atoms in total. The minimum atomic E-state index is 0.0222. The second kappa shape index (κ2) is 6.98. The number of ketones is 1. The predicted molar refractivity (Wildman–Crippen MR) is 98.2 cm³/mol. The van der Waals surface area contributed by atoms with Crippen LogP contribution in [-0.4, -0.2) is 5.78 Å². The predicted octanol–water partition coefficient (Wildman–Crippen LogP) is 4.93. The van der Waals surface area contributed by atoms with Gasteiger partial charge in [0.15, 0.2) is 5.78 Å². The summed E-state index contributed by atoms with van der Waals surface area (Å²) in [7, 11) is 0. The van der Waals surface area contributed by atoms with Crippen LogP contribution < -0.4 is 0 Å². The zero-order valence-electron chi connectivity index (χ0n) is 13.8. The molecule has 0 bridgehead atoms. The van der Waals surface area contributed by atoms with Crippen molar-refractivity contribution in [2.45, 2.75) is 13.8 Å². The van der Waals surface area contributed by atoms with Crippen molar-refractivity contribution in [3.63, 3.8) is 0 Å². The number of hydrogen-bond donors (Lipinski definition) is 0. The van der Waals surface area contributed by atoms with Gasteiger partial charge in [-0.1, -0.05) is 71.5 Å². The highest BCUT2D eigenvalue weighted by atomic mass is 16.1. The van der Waals surface area contributed by atoms with Crippen molar-refractivity contribution in [1.82, 2.24) is 0 Å². The average molecular weight is 310 g/mol. The van der Waals surface area contributed by atoms with E-state index in [1.165, 1.54) is 5.56 Å². The van der Waals surface area contributed by atoms with E-state index in [-0.39, 0.29) is 5.78 Å². The maximum absolute atomic E-state index is 12.6. The summed E-state index contributed by atoms with van der Waals surface area (Å²) in [5, 5.41) is 0. The molecule has 0 aliphatic heterocycles. The van der Waals surface area contributed by atoms with Crippen LogP contribution in [0.25, 0.3) is 0 Å². The first-order valence-corrected chi connectivity index (χ1v) is 7.92. The van der Waals surface area contributed by atoms with Gasteiger partial charge in [-0.2, -0.15) is 0 Å². The number of hydrogen-bond acceptors (Lipinski definition) is 1. The molecule has 0 N–H and O–H groups in total. The summed E-state index contributed by atoms with van der Waals surface area (Å²) in [4.78, 5) is 12.6. The quantitative estimate of drug-likeness (QED) is 0.484. The topological polar surface area (TPSA) is 17.1 Å². The van der Waals surface area contributed by atoms with Gasteiger partial charge in [0.05, 0.1) is 0 Å². The van der Waals surface area contributed by atoms with E-state index in [9.17, 15) is 4.79 Å². The van der Waals surface area contributed by atoms with Crippen LogP contribution in [0.15, 0.2) is 72.8 Å². The van der Waals surface area contributed by atoms with Crippen molar-refractivity contribution in [2.75, 3.05) is 0 Å². The van der Waals surface area contributed by atoms with Gasteiger partial charge < -0.3 is 0 Å². The van der Waals surface area contributed by atoms with Gasteiger partial charge in [-0.05, 0) is 38.1 Å². The first kappa shape index (κ1) is 15.8. The zero-order chi connectivity index (χ0) is 16.9. The van der Waals surface area contributed by atoms with Gasteiger partial charge in [0.2, 0.25) is 0 Å². The molecule has 24 heavy (non-hydrogen) atoms. The third-order valence-corrected chi connectivity index (χ3v) is 3.84. The largest absolute Gasteiger partial charge is 0.289 e. The molecule has 0 aromatic heterocycles. The SMILES string of the molecule is Cc1ccc(C#Cc2cccc(C(=O)c3ccc(C)cc3)c2)cc1. The number of benzene rings is 3. The summed E-state index contributed by atoms with van der Waals surface area (Å²) in [6.45, 7) is 4.06. The third kappa shape index (κ3) is 3.80. The number of carbonyl (C=O) groups excluding carboxylic acids is 1. The fourth-order valence-electron chi connectivity index (χ4n) is 2.39. The van der Waals surface area contributed by atoms with Crippen molar-refractivity contribution in [2.24, 2.45) is 0 Å². The second-order valence-electron chi connectivity index (χ2n) is 5.89. The summed E-state index contributed by atoms with van der Waals surface area (Å²) < 4.78 is 0. The molecule has 0 aliphatic rings. The normalized spacial score (nSPS) is 9.92. The molecule has 0 radical (unpaired) electrons. The molecule has 0 atom stereocenters. The Balaban J connectivity index is 1.85. The molecule has 0 fully saturated rings. The Hall–Kier alpha value is -3.11. The summed E-state index contributed by atoms with van der Waals surface area (Å²) in [6.07, 6.45) is 0. The van der Waals surface area contributed by atoms with E-state index >= 15 is 0 Å². The van der Waals surface area contributed by atoms with Gasteiger partial charge in [0.1, 0.15) is 0 Å². The molecule has 0 spiro atoms. The Bertz CT molecular complexity index is 920. The van der Waals surface area contributed by atoms with Crippen LogP contribution in [0, 0.1) is 25.7 Å². The van der Waals surface area contributed by atoms with Gasteiger partial charge in [-0.25, -0.2) is 0 Å². The van der Waals surface area contributed by atoms with Crippen LogP contribution in [0.3, 0.4) is 0 Å². The Kier molecular flexibility index (Phi) is 4.59. The number of carbonyl (C=O) groups is 1. The highest BCUT2D eigenvalue weighted by Gasteiger charge is 2.08. The van der Waals surface area contributed by atoms with E-state index in [0.717, 1.165) is 16.7 Å². The van der Waals surface area contributed by atoms with Crippen molar-refractivity contribution in [3.05, 3.63) is 106 Å². The maximum Gasteiger partial charge on any atom is 0.193 e. The van der Waals surface area contributed by atoms with Gasteiger partial charge in [-0.15, -0.1) is 0 Å². The minimum Gasteiger partial charge on any atom is -0.289 e. The lowest BCUT2D eigenvalue weighted by atomic mass is 10.0. The second-order valence-corrected chi connectivity index (χ2v) is 5.89. The summed E-state index contributed by atoms with van der Waals surface area (Å²) in [5.41, 5.74) is 5.53. The lowest BCUT2D eigenvalue weighted by molar-refractivity contribution is 0.103. The van der Waals surface area contributed by atoms with Crippen molar-refractivity contribution in [3.8, 4) is 11.8 Å². The molecule has 0 saturated carbocycles. The molecule has 1 heteroatoms. The highest BCUT2D eigenvalue weighted by Crippen LogP contribution is 2.12. The van der Waals surface area contributed by atoms with Gasteiger partial charge in [-0.3, -0.25) is 4.79 Å². The van der Waals surface area contributed by atoms with E-state index in [4.69, 9.17) is 0 Å². The van der Waals surface area contributed by atoms with Gasteiger partial charge >= 0.3 is 0 Å². The molecule has 0 amide bonds. The van der Waals surface area contributed by atoms with Crippen LogP contribution in [0.2, 0.25) is 0 Å². The van der Waals surface area contributed by atoms with Crippen LogP contribution in [0.4, 0.5) is 0 Å². The lowest BCUT2D eigenvalue weighted by Crippen LogP contribution is -2.01. The Morgan fingerprint density at radius 2 is 1.25 bits per heavy atom. The fourth-order valence-corrected chi connectivity index (χ4v) is 2.39. The first-order valence-electron chi connectivity index (χ1n) is 7.92. The van der Waals surface area contributed by atoms with E-state index in [0.29, 0.717) is 11.1 Å². The Morgan fingerprint density at radius 1 is 0.667 bits per heavy atom. The van der Waals surface area contributed by atoms with Crippen LogP contribution in [0.1, 0.15) is 38.2 Å². The van der Waals surface area contributed by atoms with E-state index in [2.05, 4.69) is 18.8 Å². The number of rotatable bonds is 2. The van der Waals surface area contributed by atoms with Gasteiger partial charge in [0.25, 0.3) is 0 Å². The van der Waals surface area contributed by atoms with Gasteiger partial charge in [0, 0.05) is 22.3 Å². The summed E-state index contributed by atoms with van der Waals surface area (Å²) >= 11 is 0. The average Bonchev–Trinajstić information content (AvgIpc) is 2.61. The molecule has 3 rings (SSSR count). The molecule has 3 aromatic carbocycles. The maximum atomic E-state index is 12.6. The molecular weight excluding hydrogens is 292 g/mol. The van der Waals surface area contributed by atoms with E-state index in [1.807, 2.05) is 79.7 Å². The summed E-state index contributed by atoms with van der Waals surface area (Å²) in [6, 6.07) is 23.2. The van der Waals surface area contributed by atoms with Crippen molar-refractivity contribution < 1.29 is 4.79 Å². The smallest absolute Gasteiger partial charge is 0.193 e. The van der Waals surface area contributed by atoms with Crippen LogP contribution >= 0.6 is 0 Å². The molecule has 0 saturated heterocycles. The molecule has 0 aliphatic carbocycles. The number of aryl methyl sites for hydroxylation is 2. The summed E-state index contributed by atoms with van der Waals surface area (Å²) in [5.74, 6) is 6.30. The van der Waals surface area contributed by atoms with E-state index < -0.39 is 0 Å².